The Morgan fingerprint density at radius 1 is 1.15 bits per heavy atom. The largest absolute Gasteiger partial charge is 0.493 e. The maximum absolute atomic E-state index is 12.1. The highest BCUT2D eigenvalue weighted by atomic mass is 16.5. The third-order valence-corrected chi connectivity index (χ3v) is 4.01. The Balaban J connectivity index is 1.87. The predicted molar refractivity (Wildman–Crippen MR) is 106 cm³/mol. The van der Waals surface area contributed by atoms with Crippen LogP contribution < -0.4 is 14.8 Å². The molecule has 2 aromatic carbocycles. The van der Waals surface area contributed by atoms with Crippen LogP contribution >= 0.6 is 0 Å². The van der Waals surface area contributed by atoms with Crippen molar-refractivity contribution in [2.75, 3.05) is 13.7 Å². The van der Waals surface area contributed by atoms with Crippen LogP contribution in [-0.4, -0.2) is 25.7 Å². The molecule has 0 radical (unpaired) electrons. The van der Waals surface area contributed by atoms with Gasteiger partial charge in [0.25, 0.3) is 0 Å². The molecule has 0 aliphatic rings. The molecule has 1 amide bonds. The Bertz CT molecular complexity index is 725. The monoisotopic (exact) mass is 353 g/mol. The molecule has 0 fully saturated rings. The first-order valence-electron chi connectivity index (χ1n) is 8.95. The Morgan fingerprint density at radius 3 is 2.62 bits per heavy atom. The van der Waals surface area contributed by atoms with Crippen LogP contribution in [0.1, 0.15) is 31.4 Å². The van der Waals surface area contributed by atoms with E-state index in [9.17, 15) is 4.79 Å². The molecular weight excluding hydrogens is 326 g/mol. The molecule has 0 aliphatic heterocycles. The van der Waals surface area contributed by atoms with Crippen molar-refractivity contribution in [3.8, 4) is 11.5 Å². The Kier molecular flexibility index (Phi) is 7.75. The van der Waals surface area contributed by atoms with Crippen LogP contribution in [0.4, 0.5) is 0 Å². The van der Waals surface area contributed by atoms with Crippen LogP contribution in [0.2, 0.25) is 0 Å². The molecule has 4 nitrogen and oxygen atoms in total. The van der Waals surface area contributed by atoms with Crippen molar-refractivity contribution in [3.63, 3.8) is 0 Å². The zero-order chi connectivity index (χ0) is 18.8. The van der Waals surface area contributed by atoms with E-state index in [2.05, 4.69) is 17.4 Å². The normalized spacial score (nSPS) is 12.0. The first kappa shape index (κ1) is 19.6. The van der Waals surface area contributed by atoms with Gasteiger partial charge in [0.2, 0.25) is 5.91 Å². The summed E-state index contributed by atoms with van der Waals surface area (Å²) in [5, 5.41) is 3.00. The van der Waals surface area contributed by atoms with E-state index in [4.69, 9.17) is 9.47 Å². The minimum absolute atomic E-state index is 0.0978. The fraction of sp³-hybridized carbons (Fsp3) is 0.318. The van der Waals surface area contributed by atoms with Crippen LogP contribution in [0.25, 0.3) is 6.08 Å². The van der Waals surface area contributed by atoms with Gasteiger partial charge in [-0.25, -0.2) is 0 Å². The lowest BCUT2D eigenvalue weighted by atomic mass is 10.1. The number of nitrogens with one attached hydrogen (secondary N) is 1. The highest BCUT2D eigenvalue weighted by Crippen LogP contribution is 2.28. The van der Waals surface area contributed by atoms with Gasteiger partial charge in [-0.3, -0.25) is 4.79 Å². The van der Waals surface area contributed by atoms with Gasteiger partial charge in [0.1, 0.15) is 0 Å². The molecular formula is C22H27NO3. The van der Waals surface area contributed by atoms with Crippen molar-refractivity contribution in [2.24, 2.45) is 0 Å². The van der Waals surface area contributed by atoms with Crippen molar-refractivity contribution < 1.29 is 14.3 Å². The van der Waals surface area contributed by atoms with Crippen LogP contribution in [0, 0.1) is 0 Å². The molecule has 1 N–H and O–H groups in total. The fourth-order valence-electron chi connectivity index (χ4n) is 2.63. The number of aryl methyl sites for hydroxylation is 1. The van der Waals surface area contributed by atoms with Gasteiger partial charge in [0.15, 0.2) is 11.5 Å². The molecule has 2 aromatic rings. The predicted octanol–water partition coefficient (Wildman–Crippen LogP) is 4.24. The second-order valence-corrected chi connectivity index (χ2v) is 6.11. The highest BCUT2D eigenvalue weighted by Gasteiger charge is 2.06. The molecule has 0 heterocycles. The summed E-state index contributed by atoms with van der Waals surface area (Å²) in [5.74, 6) is 1.26. The Hall–Kier alpha value is -2.75. The molecule has 0 bridgehead atoms. The second kappa shape index (κ2) is 10.3. The number of carbonyl (C=O) groups excluding carboxylic acids is 1. The number of benzene rings is 2. The van der Waals surface area contributed by atoms with Gasteiger partial charge in [0, 0.05) is 12.1 Å². The van der Waals surface area contributed by atoms with E-state index >= 15 is 0 Å². The van der Waals surface area contributed by atoms with Crippen LogP contribution in [-0.2, 0) is 11.2 Å². The number of ether oxygens (including phenoxy) is 2. The summed E-state index contributed by atoms with van der Waals surface area (Å²) >= 11 is 0. The standard InChI is InChI=1S/C22H27NO3/c1-4-26-21-16-19(12-14-20(21)25-3)13-15-22(24)23-17(2)10-11-18-8-6-5-7-9-18/h5-9,12-17H,4,10-11H2,1-3H3,(H,23,24)/b15-13+. The molecule has 0 spiro atoms. The minimum atomic E-state index is -0.0978. The Labute approximate surface area is 155 Å². The van der Waals surface area contributed by atoms with Crippen molar-refractivity contribution in [2.45, 2.75) is 32.7 Å². The molecule has 1 unspecified atom stereocenters. The van der Waals surface area contributed by atoms with E-state index < -0.39 is 0 Å². The smallest absolute Gasteiger partial charge is 0.244 e. The molecule has 26 heavy (non-hydrogen) atoms. The average molecular weight is 353 g/mol. The van der Waals surface area contributed by atoms with Crippen LogP contribution in [0.3, 0.4) is 0 Å². The van der Waals surface area contributed by atoms with Gasteiger partial charge in [-0.15, -0.1) is 0 Å². The van der Waals surface area contributed by atoms with Crippen molar-refractivity contribution in [3.05, 3.63) is 65.7 Å². The molecule has 0 saturated heterocycles. The molecule has 0 aliphatic carbocycles. The first-order chi connectivity index (χ1) is 12.6. The van der Waals surface area contributed by atoms with E-state index in [-0.39, 0.29) is 11.9 Å². The summed E-state index contributed by atoms with van der Waals surface area (Å²) in [5.41, 5.74) is 2.17. The van der Waals surface area contributed by atoms with Gasteiger partial charge >= 0.3 is 0 Å². The van der Waals surface area contributed by atoms with Crippen molar-refractivity contribution in [1.82, 2.24) is 5.32 Å². The zero-order valence-corrected chi connectivity index (χ0v) is 15.7. The number of carbonyl (C=O) groups is 1. The first-order valence-corrected chi connectivity index (χ1v) is 8.95. The van der Waals surface area contributed by atoms with Gasteiger partial charge in [0.05, 0.1) is 13.7 Å². The maximum atomic E-state index is 12.1. The second-order valence-electron chi connectivity index (χ2n) is 6.11. The highest BCUT2D eigenvalue weighted by molar-refractivity contribution is 5.92. The average Bonchev–Trinajstić information content (AvgIpc) is 2.66. The van der Waals surface area contributed by atoms with E-state index in [0.29, 0.717) is 18.1 Å². The van der Waals surface area contributed by atoms with Crippen molar-refractivity contribution in [1.29, 1.82) is 0 Å². The van der Waals surface area contributed by atoms with Crippen LogP contribution in [0.15, 0.2) is 54.6 Å². The number of rotatable bonds is 9. The minimum Gasteiger partial charge on any atom is -0.493 e. The van der Waals surface area contributed by atoms with E-state index in [0.717, 1.165) is 18.4 Å². The Morgan fingerprint density at radius 2 is 1.92 bits per heavy atom. The summed E-state index contributed by atoms with van der Waals surface area (Å²) < 4.78 is 10.8. The number of hydrogen-bond acceptors (Lipinski definition) is 3. The molecule has 1 atom stereocenters. The quantitative estimate of drug-likeness (QED) is 0.686. The zero-order valence-electron chi connectivity index (χ0n) is 15.7. The summed E-state index contributed by atoms with van der Waals surface area (Å²) in [7, 11) is 1.61. The third kappa shape index (κ3) is 6.28. The lowest BCUT2D eigenvalue weighted by Gasteiger charge is -2.12. The number of methoxy groups -OCH3 is 1. The molecule has 2 rings (SSSR count). The van der Waals surface area contributed by atoms with Crippen LogP contribution in [0.5, 0.6) is 11.5 Å². The van der Waals surface area contributed by atoms with E-state index in [1.165, 1.54) is 5.56 Å². The molecule has 0 aromatic heterocycles. The third-order valence-electron chi connectivity index (χ3n) is 4.01. The van der Waals surface area contributed by atoms with Gasteiger partial charge in [-0.05, 0) is 56.0 Å². The fourth-order valence-corrected chi connectivity index (χ4v) is 2.63. The summed E-state index contributed by atoms with van der Waals surface area (Å²) in [6.07, 6.45) is 5.18. The van der Waals surface area contributed by atoms with E-state index in [1.807, 2.05) is 50.2 Å². The molecule has 4 heteroatoms. The lowest BCUT2D eigenvalue weighted by Crippen LogP contribution is -2.31. The molecule has 0 saturated carbocycles. The SMILES string of the molecule is CCOc1cc(/C=C/C(=O)NC(C)CCc2ccccc2)ccc1OC. The number of hydrogen-bond donors (Lipinski definition) is 1. The lowest BCUT2D eigenvalue weighted by molar-refractivity contribution is -0.117. The summed E-state index contributed by atoms with van der Waals surface area (Å²) in [6.45, 7) is 4.50. The van der Waals surface area contributed by atoms with Gasteiger partial charge in [-0.2, -0.15) is 0 Å². The summed E-state index contributed by atoms with van der Waals surface area (Å²) in [6, 6.07) is 16.0. The van der Waals surface area contributed by atoms with Gasteiger partial charge < -0.3 is 14.8 Å². The topological polar surface area (TPSA) is 47.6 Å². The molecule has 138 valence electrons. The van der Waals surface area contributed by atoms with Crippen molar-refractivity contribution >= 4 is 12.0 Å². The maximum Gasteiger partial charge on any atom is 0.244 e. The number of amides is 1. The van der Waals surface area contributed by atoms with E-state index in [1.54, 1.807) is 19.3 Å². The van der Waals surface area contributed by atoms with Gasteiger partial charge in [-0.1, -0.05) is 36.4 Å². The summed E-state index contributed by atoms with van der Waals surface area (Å²) in [4.78, 5) is 12.1.